The van der Waals surface area contributed by atoms with E-state index in [1.54, 1.807) is 29.1 Å². The summed E-state index contributed by atoms with van der Waals surface area (Å²) in [6.45, 7) is 2.32. The quantitative estimate of drug-likeness (QED) is 0.768. The number of nitrogens with zero attached hydrogens (tertiary/aromatic N) is 3. The lowest BCUT2D eigenvalue weighted by Gasteiger charge is -2.37. The molecule has 5 rings (SSSR count). The number of carbonyl (C=O) groups is 2. The number of amides is 2. The molecule has 3 aliphatic rings. The van der Waals surface area contributed by atoms with Gasteiger partial charge in [-0.1, -0.05) is 12.1 Å². The number of benzene rings is 1. The number of rotatable bonds is 1. The zero-order valence-electron chi connectivity index (χ0n) is 15.2. The van der Waals surface area contributed by atoms with E-state index in [9.17, 15) is 14.4 Å². The molecule has 2 aromatic rings. The third-order valence-electron chi connectivity index (χ3n) is 6.14. The smallest absolute Gasteiger partial charge is 0.410 e. The molecule has 2 amide bonds. The fourth-order valence-corrected chi connectivity index (χ4v) is 4.65. The summed E-state index contributed by atoms with van der Waals surface area (Å²) in [5.74, 6) is -0.226. The summed E-state index contributed by atoms with van der Waals surface area (Å²) in [6.07, 6.45) is 3.50. The van der Waals surface area contributed by atoms with Crippen molar-refractivity contribution in [3.63, 3.8) is 0 Å². The predicted molar refractivity (Wildman–Crippen MR) is 98.9 cm³/mol. The number of ether oxygens (including phenoxy) is 1. The highest BCUT2D eigenvalue weighted by atomic mass is 16.6. The van der Waals surface area contributed by atoms with Crippen molar-refractivity contribution in [3.05, 3.63) is 45.7 Å². The first kappa shape index (κ1) is 16.4. The maximum absolute atomic E-state index is 13.1. The van der Waals surface area contributed by atoms with Crippen molar-refractivity contribution in [1.29, 1.82) is 0 Å². The number of para-hydroxylation sites is 1. The van der Waals surface area contributed by atoms with Gasteiger partial charge in [-0.3, -0.25) is 9.59 Å². The van der Waals surface area contributed by atoms with Gasteiger partial charge in [0.25, 0.3) is 5.91 Å². The Labute approximate surface area is 156 Å². The van der Waals surface area contributed by atoms with E-state index in [4.69, 9.17) is 4.74 Å². The molecule has 0 unspecified atom stereocenters. The van der Waals surface area contributed by atoms with Crippen molar-refractivity contribution in [1.82, 2.24) is 14.4 Å². The standard InChI is InChI=1S/C20H21N3O4/c1-21-12-20(27-19(21)26)6-9-22(10-7-20)18(25)15-11-23-8-5-13-3-2-4-14(16(13)23)17(15)24/h2-4,11H,5-10,12H2,1H3. The maximum Gasteiger partial charge on any atom is 0.410 e. The molecule has 1 aromatic heterocycles. The molecular weight excluding hydrogens is 346 g/mol. The Balaban J connectivity index is 1.43. The molecule has 7 heteroatoms. The average Bonchev–Trinajstić information content (AvgIpc) is 3.20. The predicted octanol–water partition coefficient (Wildman–Crippen LogP) is 1.61. The second-order valence-corrected chi connectivity index (χ2v) is 7.83. The second kappa shape index (κ2) is 5.58. The molecule has 1 spiro atoms. The van der Waals surface area contributed by atoms with Crippen LogP contribution in [0.5, 0.6) is 0 Å². The minimum atomic E-state index is -0.496. The zero-order chi connectivity index (χ0) is 18.8. The Bertz CT molecular complexity index is 1030. The molecule has 0 bridgehead atoms. The van der Waals surface area contributed by atoms with Gasteiger partial charge in [-0.25, -0.2) is 4.79 Å². The first-order valence-corrected chi connectivity index (χ1v) is 9.36. The number of carbonyl (C=O) groups excluding carboxylic acids is 2. The maximum atomic E-state index is 13.1. The van der Waals surface area contributed by atoms with Crippen molar-refractivity contribution in [3.8, 4) is 0 Å². The summed E-state index contributed by atoms with van der Waals surface area (Å²) in [7, 11) is 1.72. The van der Waals surface area contributed by atoms with Gasteiger partial charge in [0.2, 0.25) is 5.43 Å². The number of likely N-dealkylation sites (tertiary alicyclic amines) is 1. The Morgan fingerprint density at radius 2 is 1.93 bits per heavy atom. The van der Waals surface area contributed by atoms with Crippen molar-refractivity contribution in [2.24, 2.45) is 0 Å². The van der Waals surface area contributed by atoms with Crippen LogP contribution in [-0.4, -0.2) is 58.7 Å². The van der Waals surface area contributed by atoms with Crippen molar-refractivity contribution < 1.29 is 14.3 Å². The SMILES string of the molecule is CN1CC2(CCN(C(=O)c3cn4c5c(cccc5c3=O)CC4)CC2)OC1=O. The Morgan fingerprint density at radius 1 is 1.15 bits per heavy atom. The molecule has 4 heterocycles. The second-order valence-electron chi connectivity index (χ2n) is 7.83. The number of hydrogen-bond donors (Lipinski definition) is 0. The highest BCUT2D eigenvalue weighted by Crippen LogP contribution is 2.33. The van der Waals surface area contributed by atoms with Gasteiger partial charge in [0.15, 0.2) is 0 Å². The summed E-state index contributed by atoms with van der Waals surface area (Å²) in [6, 6.07) is 5.73. The summed E-state index contributed by atoms with van der Waals surface area (Å²) in [5, 5.41) is 0.621. The van der Waals surface area contributed by atoms with Crippen LogP contribution < -0.4 is 5.43 Å². The summed E-state index contributed by atoms with van der Waals surface area (Å²) in [4.78, 5) is 41.0. The van der Waals surface area contributed by atoms with E-state index in [0.717, 1.165) is 24.0 Å². The van der Waals surface area contributed by atoms with Crippen LogP contribution in [0.1, 0.15) is 28.8 Å². The number of hydrogen-bond acceptors (Lipinski definition) is 4. The van der Waals surface area contributed by atoms with Crippen molar-refractivity contribution in [2.45, 2.75) is 31.4 Å². The third kappa shape index (κ3) is 2.37. The van der Waals surface area contributed by atoms with Crippen LogP contribution in [0.25, 0.3) is 10.9 Å². The molecule has 2 fully saturated rings. The molecular formula is C20H21N3O4. The molecule has 27 heavy (non-hydrogen) atoms. The molecule has 0 atom stereocenters. The van der Waals surface area contributed by atoms with Gasteiger partial charge in [0.05, 0.1) is 12.1 Å². The van der Waals surface area contributed by atoms with E-state index in [1.165, 1.54) is 0 Å². The first-order valence-electron chi connectivity index (χ1n) is 9.36. The fourth-order valence-electron chi connectivity index (χ4n) is 4.65. The van der Waals surface area contributed by atoms with Crippen LogP contribution in [0.15, 0.2) is 29.2 Å². The lowest BCUT2D eigenvalue weighted by molar-refractivity contribution is 0.00312. The number of aromatic nitrogens is 1. The van der Waals surface area contributed by atoms with Crippen molar-refractivity contribution >= 4 is 22.9 Å². The van der Waals surface area contributed by atoms with E-state index in [1.807, 2.05) is 16.7 Å². The van der Waals surface area contributed by atoms with Crippen LogP contribution in [0.4, 0.5) is 4.79 Å². The highest BCUT2D eigenvalue weighted by molar-refractivity contribution is 5.98. The normalized spacial score (nSPS) is 20.6. The minimum absolute atomic E-state index is 0.192. The number of likely N-dealkylation sites (N-methyl/N-ethyl adjacent to an activating group) is 1. The van der Waals surface area contributed by atoms with Gasteiger partial charge in [0.1, 0.15) is 11.2 Å². The Kier molecular flexibility index (Phi) is 3.38. The topological polar surface area (TPSA) is 71.8 Å². The summed E-state index contributed by atoms with van der Waals surface area (Å²) in [5.41, 5.74) is 1.66. The molecule has 140 valence electrons. The molecule has 3 aliphatic heterocycles. The van der Waals surface area contributed by atoms with Gasteiger partial charge in [0, 0.05) is 51.1 Å². The lowest BCUT2D eigenvalue weighted by atomic mass is 9.91. The van der Waals surface area contributed by atoms with E-state index < -0.39 is 5.60 Å². The van der Waals surface area contributed by atoms with Gasteiger partial charge in [-0.15, -0.1) is 0 Å². The van der Waals surface area contributed by atoms with E-state index in [2.05, 4.69) is 0 Å². The van der Waals surface area contributed by atoms with Gasteiger partial charge >= 0.3 is 6.09 Å². The van der Waals surface area contributed by atoms with E-state index in [0.29, 0.717) is 37.9 Å². The van der Waals surface area contributed by atoms with Crippen LogP contribution in [0.2, 0.25) is 0 Å². The fraction of sp³-hybridized carbons (Fsp3) is 0.450. The first-order chi connectivity index (χ1) is 13.0. The van der Waals surface area contributed by atoms with Gasteiger partial charge in [-0.2, -0.15) is 0 Å². The lowest BCUT2D eigenvalue weighted by Crippen LogP contribution is -2.49. The largest absolute Gasteiger partial charge is 0.441 e. The van der Waals surface area contributed by atoms with Gasteiger partial charge in [-0.05, 0) is 18.1 Å². The summed E-state index contributed by atoms with van der Waals surface area (Å²) < 4.78 is 7.57. The molecule has 2 saturated heterocycles. The van der Waals surface area contributed by atoms with E-state index >= 15 is 0 Å². The molecule has 7 nitrogen and oxygen atoms in total. The number of pyridine rings is 1. The third-order valence-corrected chi connectivity index (χ3v) is 6.14. The molecule has 0 aliphatic carbocycles. The Hall–Kier alpha value is -2.83. The average molecular weight is 367 g/mol. The summed E-state index contributed by atoms with van der Waals surface area (Å²) >= 11 is 0. The van der Waals surface area contributed by atoms with Gasteiger partial charge < -0.3 is 19.1 Å². The van der Waals surface area contributed by atoms with E-state index in [-0.39, 0.29) is 23.0 Å². The molecule has 1 aromatic carbocycles. The van der Waals surface area contributed by atoms with Crippen LogP contribution in [-0.2, 0) is 17.7 Å². The molecule has 0 radical (unpaired) electrons. The molecule has 0 saturated carbocycles. The van der Waals surface area contributed by atoms with Crippen LogP contribution >= 0.6 is 0 Å². The van der Waals surface area contributed by atoms with Crippen LogP contribution in [0.3, 0.4) is 0 Å². The number of aryl methyl sites for hydroxylation is 2. The highest BCUT2D eigenvalue weighted by Gasteiger charge is 2.46. The van der Waals surface area contributed by atoms with Crippen LogP contribution in [0, 0.1) is 0 Å². The number of piperidine rings is 1. The van der Waals surface area contributed by atoms with Crippen molar-refractivity contribution in [2.75, 3.05) is 26.7 Å². The minimum Gasteiger partial charge on any atom is -0.441 e. The monoisotopic (exact) mass is 367 g/mol. The zero-order valence-corrected chi connectivity index (χ0v) is 15.2. The Morgan fingerprint density at radius 3 is 2.63 bits per heavy atom. The molecule has 0 N–H and O–H groups in total.